The Labute approximate surface area is 160 Å². The number of aromatic nitrogens is 3. The maximum Gasteiger partial charge on any atom is 0.233 e. The van der Waals surface area contributed by atoms with Crippen molar-refractivity contribution in [2.45, 2.75) is 23.9 Å². The molecule has 1 heterocycles. The Balaban J connectivity index is 1.64. The van der Waals surface area contributed by atoms with Crippen molar-refractivity contribution in [3.05, 3.63) is 65.2 Å². The summed E-state index contributed by atoms with van der Waals surface area (Å²) in [7, 11) is 0. The highest BCUT2D eigenvalue weighted by atomic mass is 35.5. The predicted molar refractivity (Wildman–Crippen MR) is 104 cm³/mol. The van der Waals surface area contributed by atoms with E-state index in [0.29, 0.717) is 22.5 Å². The Bertz CT molecular complexity index is 900. The predicted octanol–water partition coefficient (Wildman–Crippen LogP) is 3.11. The second-order valence-corrected chi connectivity index (χ2v) is 7.39. The third-order valence-electron chi connectivity index (χ3n) is 3.71. The fourth-order valence-corrected chi connectivity index (χ4v) is 3.31. The summed E-state index contributed by atoms with van der Waals surface area (Å²) >= 11 is 7.26. The topological polar surface area (TPSA) is 85.8 Å². The van der Waals surface area contributed by atoms with Gasteiger partial charge in [0.05, 0.1) is 5.25 Å². The van der Waals surface area contributed by atoms with Gasteiger partial charge in [-0.05, 0) is 24.6 Å². The minimum Gasteiger partial charge on any atom is -0.351 e. The number of carbonyl (C=O) groups is 1. The number of thioether (sulfide) groups is 1. The summed E-state index contributed by atoms with van der Waals surface area (Å²) in [6.45, 7) is 2.28. The van der Waals surface area contributed by atoms with Crippen molar-refractivity contribution >= 4 is 29.3 Å². The largest absolute Gasteiger partial charge is 0.351 e. The Hall–Kier alpha value is -2.51. The molecule has 134 valence electrons. The van der Waals surface area contributed by atoms with Crippen molar-refractivity contribution < 1.29 is 4.79 Å². The molecule has 2 aromatic carbocycles. The van der Waals surface area contributed by atoms with E-state index in [9.17, 15) is 4.79 Å². The molecule has 0 bridgehead atoms. The quantitative estimate of drug-likeness (QED) is 0.501. The van der Waals surface area contributed by atoms with E-state index in [0.717, 1.165) is 11.1 Å². The van der Waals surface area contributed by atoms with E-state index < -0.39 is 0 Å². The molecular formula is C18H18ClN5OS. The van der Waals surface area contributed by atoms with Gasteiger partial charge in [0.15, 0.2) is 5.82 Å². The molecule has 3 rings (SSSR count). The summed E-state index contributed by atoms with van der Waals surface area (Å²) in [6.07, 6.45) is 0. The number of benzene rings is 2. The van der Waals surface area contributed by atoms with Crippen molar-refractivity contribution in [2.24, 2.45) is 0 Å². The minimum atomic E-state index is -0.363. The van der Waals surface area contributed by atoms with E-state index in [4.69, 9.17) is 17.4 Å². The lowest BCUT2D eigenvalue weighted by Gasteiger charge is -2.11. The molecule has 0 fully saturated rings. The second kappa shape index (κ2) is 8.25. The molecule has 1 amide bonds. The van der Waals surface area contributed by atoms with Crippen LogP contribution >= 0.6 is 23.4 Å². The van der Waals surface area contributed by atoms with Crippen LogP contribution in [-0.4, -0.2) is 26.0 Å². The molecule has 1 atom stereocenters. The zero-order valence-corrected chi connectivity index (χ0v) is 15.7. The third kappa shape index (κ3) is 4.36. The molecule has 0 aliphatic carbocycles. The first kappa shape index (κ1) is 18.3. The third-order valence-corrected chi connectivity index (χ3v) is 5.00. The van der Waals surface area contributed by atoms with Gasteiger partial charge in [0.2, 0.25) is 11.1 Å². The molecule has 26 heavy (non-hydrogen) atoms. The number of nitrogens with zero attached hydrogens (tertiary/aromatic N) is 3. The molecule has 0 aliphatic rings. The summed E-state index contributed by atoms with van der Waals surface area (Å²) in [5.74, 6) is 6.50. The Morgan fingerprint density at radius 1 is 1.23 bits per heavy atom. The maximum atomic E-state index is 12.3. The normalized spacial score (nSPS) is 11.9. The Kier molecular flexibility index (Phi) is 5.80. The number of hydrogen-bond donors (Lipinski definition) is 2. The SMILES string of the molecule is C[C@@H](Sc1nnc(-c2cccc(Cl)c2)n1N)C(=O)NCc1ccccc1. The number of nitrogen functional groups attached to an aromatic ring is 1. The number of nitrogens with one attached hydrogen (secondary N) is 1. The molecular weight excluding hydrogens is 370 g/mol. The van der Waals surface area contributed by atoms with Gasteiger partial charge in [-0.1, -0.05) is 65.8 Å². The highest BCUT2D eigenvalue weighted by Crippen LogP contribution is 2.26. The summed E-state index contributed by atoms with van der Waals surface area (Å²) in [6, 6.07) is 17.0. The van der Waals surface area contributed by atoms with E-state index >= 15 is 0 Å². The average Bonchev–Trinajstić information content (AvgIpc) is 3.01. The van der Waals surface area contributed by atoms with E-state index in [1.54, 1.807) is 19.1 Å². The molecule has 6 nitrogen and oxygen atoms in total. The molecule has 0 saturated heterocycles. The van der Waals surface area contributed by atoms with Crippen molar-refractivity contribution in [2.75, 3.05) is 5.84 Å². The van der Waals surface area contributed by atoms with Crippen molar-refractivity contribution in [1.82, 2.24) is 20.2 Å². The second-order valence-electron chi connectivity index (χ2n) is 5.65. The van der Waals surface area contributed by atoms with Crippen LogP contribution in [0.1, 0.15) is 12.5 Å². The van der Waals surface area contributed by atoms with Crippen LogP contribution in [0, 0.1) is 0 Å². The lowest BCUT2D eigenvalue weighted by atomic mass is 10.2. The summed E-state index contributed by atoms with van der Waals surface area (Å²) in [5, 5.41) is 11.8. The van der Waals surface area contributed by atoms with Crippen LogP contribution in [0.25, 0.3) is 11.4 Å². The van der Waals surface area contributed by atoms with Crippen LogP contribution in [0.2, 0.25) is 5.02 Å². The summed E-state index contributed by atoms with van der Waals surface area (Å²) in [5.41, 5.74) is 1.81. The summed E-state index contributed by atoms with van der Waals surface area (Å²) in [4.78, 5) is 12.3. The van der Waals surface area contributed by atoms with Crippen molar-refractivity contribution in [1.29, 1.82) is 0 Å². The maximum absolute atomic E-state index is 12.3. The zero-order chi connectivity index (χ0) is 18.5. The Morgan fingerprint density at radius 3 is 2.73 bits per heavy atom. The first-order valence-corrected chi connectivity index (χ1v) is 9.25. The van der Waals surface area contributed by atoms with Gasteiger partial charge in [-0.2, -0.15) is 0 Å². The molecule has 0 aliphatic heterocycles. The van der Waals surface area contributed by atoms with Crippen LogP contribution in [0.5, 0.6) is 0 Å². The fraction of sp³-hybridized carbons (Fsp3) is 0.167. The van der Waals surface area contributed by atoms with Crippen molar-refractivity contribution in [3.8, 4) is 11.4 Å². The first-order valence-electron chi connectivity index (χ1n) is 7.99. The first-order chi connectivity index (χ1) is 12.5. The van der Waals surface area contributed by atoms with Crippen LogP contribution in [0.4, 0.5) is 0 Å². The summed E-state index contributed by atoms with van der Waals surface area (Å²) < 4.78 is 1.37. The van der Waals surface area contributed by atoms with Crippen LogP contribution in [0.15, 0.2) is 59.8 Å². The standard InChI is InChI=1S/C18H18ClN5OS/c1-12(17(25)21-11-13-6-3-2-4-7-13)26-18-23-22-16(24(18)20)14-8-5-9-15(19)10-14/h2-10,12H,11,20H2,1H3,(H,21,25)/t12-/m1/s1. The van der Waals surface area contributed by atoms with Crippen LogP contribution in [0.3, 0.4) is 0 Å². The molecule has 0 spiro atoms. The number of carbonyl (C=O) groups excluding carboxylic acids is 1. The smallest absolute Gasteiger partial charge is 0.233 e. The van der Waals surface area contributed by atoms with Crippen LogP contribution in [-0.2, 0) is 11.3 Å². The molecule has 3 aromatic rings. The fourth-order valence-electron chi connectivity index (χ4n) is 2.32. The molecule has 0 unspecified atom stereocenters. The highest BCUT2D eigenvalue weighted by molar-refractivity contribution is 8.00. The molecule has 8 heteroatoms. The van der Waals surface area contributed by atoms with Gasteiger partial charge >= 0.3 is 0 Å². The van der Waals surface area contributed by atoms with E-state index in [2.05, 4.69) is 15.5 Å². The number of rotatable bonds is 6. The van der Waals surface area contributed by atoms with Gasteiger partial charge in [0.25, 0.3) is 0 Å². The van der Waals surface area contributed by atoms with E-state index in [1.165, 1.54) is 16.4 Å². The van der Waals surface area contributed by atoms with E-state index in [1.807, 2.05) is 42.5 Å². The average molecular weight is 388 g/mol. The van der Waals surface area contributed by atoms with Gasteiger partial charge in [0, 0.05) is 17.1 Å². The minimum absolute atomic E-state index is 0.0915. The molecule has 0 saturated carbocycles. The van der Waals surface area contributed by atoms with E-state index in [-0.39, 0.29) is 11.2 Å². The van der Waals surface area contributed by atoms with Crippen LogP contribution < -0.4 is 11.2 Å². The van der Waals surface area contributed by atoms with Gasteiger partial charge < -0.3 is 11.2 Å². The molecule has 1 aromatic heterocycles. The number of nitrogens with two attached hydrogens (primary N) is 1. The highest BCUT2D eigenvalue weighted by Gasteiger charge is 2.19. The van der Waals surface area contributed by atoms with Gasteiger partial charge in [0.1, 0.15) is 0 Å². The lowest BCUT2D eigenvalue weighted by molar-refractivity contribution is -0.120. The Morgan fingerprint density at radius 2 is 2.00 bits per heavy atom. The van der Waals surface area contributed by atoms with Crippen molar-refractivity contribution in [3.63, 3.8) is 0 Å². The molecule has 3 N–H and O–H groups in total. The van der Waals surface area contributed by atoms with Gasteiger partial charge in [-0.25, -0.2) is 4.68 Å². The number of hydrogen-bond acceptors (Lipinski definition) is 5. The van der Waals surface area contributed by atoms with Gasteiger partial charge in [-0.15, -0.1) is 10.2 Å². The lowest BCUT2D eigenvalue weighted by Crippen LogP contribution is -2.30. The number of amides is 1. The molecule has 0 radical (unpaired) electrons. The van der Waals surface area contributed by atoms with Gasteiger partial charge in [-0.3, -0.25) is 4.79 Å². The zero-order valence-electron chi connectivity index (χ0n) is 14.1. The number of halogens is 1. The monoisotopic (exact) mass is 387 g/mol.